The van der Waals surface area contributed by atoms with Crippen LogP contribution in [0.25, 0.3) is 0 Å². The molecule has 9 heteroatoms. The molecule has 1 aliphatic rings. The van der Waals surface area contributed by atoms with Gasteiger partial charge in [-0.2, -0.15) is 0 Å². The molecule has 0 bridgehead atoms. The molecule has 1 aromatic carbocycles. The normalized spacial score (nSPS) is 17.3. The maximum Gasteiger partial charge on any atom is 0.191 e. The average molecular weight is 516 g/mol. The molecule has 0 aromatic heterocycles. The predicted molar refractivity (Wildman–Crippen MR) is 117 cm³/mol. The van der Waals surface area contributed by atoms with Crippen molar-refractivity contribution in [1.29, 1.82) is 0 Å². The van der Waals surface area contributed by atoms with E-state index in [0.29, 0.717) is 56.7 Å². The molecular formula is C17H27ClIN3O3S. The Morgan fingerprint density at radius 2 is 1.92 bits per heavy atom. The van der Waals surface area contributed by atoms with E-state index in [2.05, 4.69) is 15.6 Å². The third kappa shape index (κ3) is 6.24. The van der Waals surface area contributed by atoms with E-state index < -0.39 is 14.6 Å². The highest BCUT2D eigenvalue weighted by molar-refractivity contribution is 14.0. The number of halogens is 2. The Bertz CT molecular complexity index is 707. The second-order valence-corrected chi connectivity index (χ2v) is 9.03. The van der Waals surface area contributed by atoms with Gasteiger partial charge in [0, 0.05) is 37.6 Å². The van der Waals surface area contributed by atoms with Crippen LogP contribution in [0.3, 0.4) is 0 Å². The van der Waals surface area contributed by atoms with E-state index >= 15 is 0 Å². The Kier molecular flexibility index (Phi) is 9.63. The summed E-state index contributed by atoms with van der Waals surface area (Å²) in [6, 6.07) is 7.54. The number of guanidine groups is 1. The fourth-order valence-corrected chi connectivity index (χ4v) is 4.24. The minimum Gasteiger partial charge on any atom is -0.381 e. The highest BCUT2D eigenvalue weighted by Gasteiger charge is 2.42. The molecule has 0 unspecified atom stereocenters. The third-order valence-electron chi connectivity index (χ3n) is 4.48. The van der Waals surface area contributed by atoms with Crippen molar-refractivity contribution in [1.82, 2.24) is 10.6 Å². The molecule has 0 amide bonds. The largest absolute Gasteiger partial charge is 0.381 e. The van der Waals surface area contributed by atoms with Crippen molar-refractivity contribution in [2.45, 2.75) is 31.1 Å². The van der Waals surface area contributed by atoms with Gasteiger partial charge in [0.2, 0.25) is 0 Å². The van der Waals surface area contributed by atoms with Crippen molar-refractivity contribution in [3.8, 4) is 0 Å². The van der Waals surface area contributed by atoms with Crippen molar-refractivity contribution in [3.63, 3.8) is 0 Å². The number of nitrogens with one attached hydrogen (secondary N) is 2. The minimum atomic E-state index is -3.22. The van der Waals surface area contributed by atoms with Gasteiger partial charge in [-0.25, -0.2) is 13.4 Å². The van der Waals surface area contributed by atoms with Crippen LogP contribution in [0.15, 0.2) is 29.3 Å². The summed E-state index contributed by atoms with van der Waals surface area (Å²) in [6.07, 6.45) is 2.28. The molecule has 1 saturated heterocycles. The van der Waals surface area contributed by atoms with Gasteiger partial charge >= 0.3 is 0 Å². The first-order valence-electron chi connectivity index (χ1n) is 8.41. The third-order valence-corrected chi connectivity index (χ3v) is 6.97. The molecule has 0 aliphatic carbocycles. The summed E-state index contributed by atoms with van der Waals surface area (Å²) in [6.45, 7) is 4.30. The van der Waals surface area contributed by atoms with Crippen LogP contribution >= 0.6 is 35.6 Å². The van der Waals surface area contributed by atoms with E-state index in [1.165, 1.54) is 6.26 Å². The highest BCUT2D eigenvalue weighted by atomic mass is 127. The minimum absolute atomic E-state index is 0. The molecule has 2 rings (SSSR count). The van der Waals surface area contributed by atoms with Gasteiger partial charge in [0.25, 0.3) is 0 Å². The lowest BCUT2D eigenvalue weighted by atomic mass is 9.99. The summed E-state index contributed by atoms with van der Waals surface area (Å²) in [7, 11) is -3.22. The van der Waals surface area contributed by atoms with Gasteiger partial charge in [0.1, 0.15) is 0 Å². The average Bonchev–Trinajstić information content (AvgIpc) is 2.58. The van der Waals surface area contributed by atoms with E-state index in [1.54, 1.807) is 0 Å². The van der Waals surface area contributed by atoms with Crippen LogP contribution in [0.4, 0.5) is 0 Å². The van der Waals surface area contributed by atoms with Crippen molar-refractivity contribution in [2.75, 3.05) is 32.6 Å². The molecule has 0 spiro atoms. The second-order valence-electron chi connectivity index (χ2n) is 6.21. The number of hydrogen-bond donors (Lipinski definition) is 2. The van der Waals surface area contributed by atoms with Gasteiger partial charge in [-0.3, -0.25) is 0 Å². The van der Waals surface area contributed by atoms with Gasteiger partial charge in [0.05, 0.1) is 11.3 Å². The Labute approximate surface area is 178 Å². The van der Waals surface area contributed by atoms with Crippen LogP contribution in [0.1, 0.15) is 25.3 Å². The lowest BCUT2D eigenvalue weighted by Gasteiger charge is -2.35. The Morgan fingerprint density at radius 3 is 2.50 bits per heavy atom. The zero-order chi connectivity index (χ0) is 18.3. The number of sulfone groups is 1. The highest BCUT2D eigenvalue weighted by Crippen LogP contribution is 2.28. The topological polar surface area (TPSA) is 79.8 Å². The Morgan fingerprint density at radius 1 is 1.27 bits per heavy atom. The first kappa shape index (κ1) is 23.5. The summed E-state index contributed by atoms with van der Waals surface area (Å²) < 4.78 is 29.2. The molecule has 2 N–H and O–H groups in total. The quantitative estimate of drug-likeness (QED) is 0.346. The first-order chi connectivity index (χ1) is 11.9. The van der Waals surface area contributed by atoms with Crippen LogP contribution < -0.4 is 10.6 Å². The SMILES string of the molecule is CCNC(=NCc1ccccc1Cl)NCC1(S(C)(=O)=O)CCOCC1.I. The predicted octanol–water partition coefficient (Wildman–Crippen LogP) is 2.61. The summed E-state index contributed by atoms with van der Waals surface area (Å²) in [5.74, 6) is 0.580. The smallest absolute Gasteiger partial charge is 0.191 e. The second kappa shape index (κ2) is 10.7. The molecule has 1 aliphatic heterocycles. The van der Waals surface area contributed by atoms with E-state index in [-0.39, 0.29) is 24.0 Å². The number of benzene rings is 1. The molecular weight excluding hydrogens is 489 g/mol. The molecule has 0 saturated carbocycles. The summed E-state index contributed by atoms with van der Waals surface area (Å²) in [5, 5.41) is 7.00. The van der Waals surface area contributed by atoms with Crippen LogP contribution in [-0.4, -0.2) is 51.7 Å². The van der Waals surface area contributed by atoms with Crippen LogP contribution in [0.2, 0.25) is 5.02 Å². The molecule has 1 heterocycles. The molecule has 0 radical (unpaired) electrons. The zero-order valence-corrected chi connectivity index (χ0v) is 19.0. The van der Waals surface area contributed by atoms with Crippen LogP contribution in [0, 0.1) is 0 Å². The lowest BCUT2D eigenvalue weighted by molar-refractivity contribution is 0.0756. The van der Waals surface area contributed by atoms with E-state index in [1.807, 2.05) is 31.2 Å². The summed E-state index contributed by atoms with van der Waals surface area (Å²) in [5.41, 5.74) is 0.922. The van der Waals surface area contributed by atoms with Crippen molar-refractivity contribution in [2.24, 2.45) is 4.99 Å². The fraction of sp³-hybridized carbons (Fsp3) is 0.588. The van der Waals surface area contributed by atoms with Gasteiger partial charge < -0.3 is 15.4 Å². The molecule has 0 atom stereocenters. The zero-order valence-electron chi connectivity index (χ0n) is 15.1. The van der Waals surface area contributed by atoms with E-state index in [9.17, 15) is 8.42 Å². The van der Waals surface area contributed by atoms with Crippen molar-refractivity contribution < 1.29 is 13.2 Å². The molecule has 6 nitrogen and oxygen atoms in total. The van der Waals surface area contributed by atoms with Gasteiger partial charge in [-0.1, -0.05) is 29.8 Å². The van der Waals surface area contributed by atoms with Crippen LogP contribution in [0.5, 0.6) is 0 Å². The number of nitrogens with zero attached hydrogens (tertiary/aromatic N) is 1. The lowest BCUT2D eigenvalue weighted by Crippen LogP contribution is -2.53. The van der Waals surface area contributed by atoms with Gasteiger partial charge in [-0.05, 0) is 31.4 Å². The molecule has 1 aromatic rings. The first-order valence-corrected chi connectivity index (χ1v) is 10.7. The van der Waals surface area contributed by atoms with Crippen molar-refractivity contribution in [3.05, 3.63) is 34.9 Å². The number of rotatable bonds is 6. The van der Waals surface area contributed by atoms with E-state index in [0.717, 1.165) is 5.56 Å². The number of aliphatic imine (C=N–C) groups is 1. The van der Waals surface area contributed by atoms with Gasteiger partial charge in [0.15, 0.2) is 15.8 Å². The van der Waals surface area contributed by atoms with Crippen molar-refractivity contribution >= 4 is 51.4 Å². The fourth-order valence-electron chi connectivity index (χ4n) is 2.80. The standard InChI is InChI=1S/C17H26ClN3O3S.HI/c1-3-19-16(20-12-14-6-4-5-7-15(14)18)21-13-17(25(2,22)23)8-10-24-11-9-17;/h4-7H,3,8-13H2,1-2H3,(H2,19,20,21);1H. The maximum atomic E-state index is 12.3. The Hall–Kier alpha value is -0.580. The monoisotopic (exact) mass is 515 g/mol. The molecule has 148 valence electrons. The van der Waals surface area contributed by atoms with E-state index in [4.69, 9.17) is 16.3 Å². The Balaban J connectivity index is 0.00000338. The van der Waals surface area contributed by atoms with Gasteiger partial charge in [-0.15, -0.1) is 24.0 Å². The number of ether oxygens (including phenoxy) is 1. The van der Waals surface area contributed by atoms with Crippen LogP contribution in [-0.2, 0) is 21.1 Å². The molecule has 1 fully saturated rings. The summed E-state index contributed by atoms with van der Waals surface area (Å²) in [4.78, 5) is 4.53. The maximum absolute atomic E-state index is 12.3. The number of hydrogen-bond acceptors (Lipinski definition) is 4. The molecule has 26 heavy (non-hydrogen) atoms. The summed E-state index contributed by atoms with van der Waals surface area (Å²) >= 11 is 6.16.